The number of halogens is 1. The molecule has 3 heteroatoms. The van der Waals surface area contributed by atoms with E-state index in [-0.39, 0.29) is 0 Å². The molecule has 0 spiro atoms. The fourth-order valence-electron chi connectivity index (χ4n) is 1.74. The number of benzene rings is 1. The highest BCUT2D eigenvalue weighted by atomic mass is 35.5. The molecule has 1 N–H and O–H groups in total. The van der Waals surface area contributed by atoms with Crippen LogP contribution in [0.2, 0.25) is 5.02 Å². The van der Waals surface area contributed by atoms with E-state index < -0.39 is 0 Å². The summed E-state index contributed by atoms with van der Waals surface area (Å²) in [7, 11) is 0. The van der Waals surface area contributed by atoms with Crippen LogP contribution < -0.4 is 5.32 Å². The first-order valence-electron chi connectivity index (χ1n) is 6.02. The maximum Gasteiger partial charge on any atom is 0.0453 e. The van der Waals surface area contributed by atoms with Gasteiger partial charge in [0.05, 0.1) is 0 Å². The first-order valence-corrected chi connectivity index (χ1v) is 6.40. The van der Waals surface area contributed by atoms with Crippen LogP contribution >= 0.6 is 11.6 Å². The van der Waals surface area contributed by atoms with Crippen LogP contribution in [0, 0.1) is 13.8 Å². The number of hydrogen-bond donors (Lipinski definition) is 1. The van der Waals surface area contributed by atoms with E-state index in [0.717, 1.165) is 29.4 Å². The molecule has 18 heavy (non-hydrogen) atoms. The Morgan fingerprint density at radius 2 is 1.94 bits per heavy atom. The zero-order chi connectivity index (χ0) is 13.0. The number of pyridine rings is 1. The number of aryl methyl sites for hydroxylation is 2. The highest BCUT2D eigenvalue weighted by Gasteiger charge is 2.00. The highest BCUT2D eigenvalue weighted by Crippen LogP contribution is 2.17. The minimum atomic E-state index is 0.771. The quantitative estimate of drug-likeness (QED) is 0.908. The van der Waals surface area contributed by atoms with E-state index in [1.807, 2.05) is 32.2 Å². The normalized spacial score (nSPS) is 10.6. The van der Waals surface area contributed by atoms with Crippen LogP contribution in [0.1, 0.15) is 22.4 Å². The van der Waals surface area contributed by atoms with Crippen LogP contribution in [-0.4, -0.2) is 4.98 Å². The second-order valence-corrected chi connectivity index (χ2v) is 4.91. The minimum absolute atomic E-state index is 0.771. The summed E-state index contributed by atoms with van der Waals surface area (Å²) < 4.78 is 0. The Hall–Kier alpha value is -1.38. The average Bonchev–Trinajstić information content (AvgIpc) is 2.34. The van der Waals surface area contributed by atoms with Gasteiger partial charge in [-0.05, 0) is 42.7 Å². The van der Waals surface area contributed by atoms with Crippen LogP contribution in [0.15, 0.2) is 36.5 Å². The lowest BCUT2D eigenvalue weighted by atomic mass is 10.1. The first kappa shape index (κ1) is 13.1. The van der Waals surface area contributed by atoms with Crippen LogP contribution in [0.25, 0.3) is 0 Å². The van der Waals surface area contributed by atoms with Gasteiger partial charge in [-0.25, -0.2) is 0 Å². The molecule has 94 valence electrons. The lowest BCUT2D eigenvalue weighted by molar-refractivity contribution is 0.691. The summed E-state index contributed by atoms with van der Waals surface area (Å²) in [6.45, 7) is 5.61. The van der Waals surface area contributed by atoms with Gasteiger partial charge >= 0.3 is 0 Å². The van der Waals surface area contributed by atoms with Gasteiger partial charge in [-0.2, -0.15) is 0 Å². The van der Waals surface area contributed by atoms with Gasteiger partial charge in [0.25, 0.3) is 0 Å². The average molecular weight is 261 g/mol. The molecule has 0 saturated carbocycles. The van der Waals surface area contributed by atoms with Crippen molar-refractivity contribution in [3.05, 3.63) is 63.9 Å². The van der Waals surface area contributed by atoms with Crippen LogP contribution in [-0.2, 0) is 13.1 Å². The molecule has 0 saturated heterocycles. The molecule has 1 aromatic heterocycles. The van der Waals surface area contributed by atoms with Gasteiger partial charge in [0.2, 0.25) is 0 Å². The molecule has 0 atom stereocenters. The van der Waals surface area contributed by atoms with E-state index >= 15 is 0 Å². The van der Waals surface area contributed by atoms with Crippen molar-refractivity contribution in [2.75, 3.05) is 0 Å². The third-order valence-corrected chi connectivity index (χ3v) is 3.18. The van der Waals surface area contributed by atoms with Crippen molar-refractivity contribution in [3.8, 4) is 0 Å². The Kier molecular flexibility index (Phi) is 4.34. The fraction of sp³-hybridized carbons (Fsp3) is 0.267. The molecule has 0 aliphatic rings. The largest absolute Gasteiger partial charge is 0.309 e. The van der Waals surface area contributed by atoms with Crippen molar-refractivity contribution in [2.45, 2.75) is 26.9 Å². The molecule has 1 heterocycles. The van der Waals surface area contributed by atoms with Crippen LogP contribution in [0.3, 0.4) is 0 Å². The Bertz CT molecular complexity index is 521. The summed E-state index contributed by atoms with van der Waals surface area (Å²) in [4.78, 5) is 4.27. The van der Waals surface area contributed by atoms with Crippen molar-refractivity contribution in [3.63, 3.8) is 0 Å². The number of nitrogens with zero attached hydrogens (tertiary/aromatic N) is 1. The van der Waals surface area contributed by atoms with Gasteiger partial charge in [0, 0.05) is 30.0 Å². The lowest BCUT2D eigenvalue weighted by Crippen LogP contribution is -2.13. The summed E-state index contributed by atoms with van der Waals surface area (Å²) >= 11 is 6.18. The third kappa shape index (κ3) is 3.56. The summed E-state index contributed by atoms with van der Waals surface area (Å²) in [6, 6.07) is 10.3. The molecule has 0 radical (unpaired) electrons. The molecular weight excluding hydrogens is 244 g/mol. The topological polar surface area (TPSA) is 24.9 Å². The molecule has 1 aromatic carbocycles. The molecule has 0 bridgehead atoms. The van der Waals surface area contributed by atoms with Crippen molar-refractivity contribution in [2.24, 2.45) is 0 Å². The zero-order valence-electron chi connectivity index (χ0n) is 10.7. The van der Waals surface area contributed by atoms with Crippen molar-refractivity contribution < 1.29 is 0 Å². The van der Waals surface area contributed by atoms with Gasteiger partial charge in [0.15, 0.2) is 0 Å². The molecule has 0 aliphatic carbocycles. The second kappa shape index (κ2) is 5.98. The molecule has 0 aliphatic heterocycles. The predicted octanol–water partition coefficient (Wildman–Crippen LogP) is 3.64. The van der Waals surface area contributed by atoms with E-state index in [9.17, 15) is 0 Å². The van der Waals surface area contributed by atoms with Gasteiger partial charge in [-0.3, -0.25) is 4.98 Å². The standard InChI is InChI=1S/C15H17ClN2/c1-11-3-6-14(15(16)7-11)10-17-8-13-5-4-12(2)18-9-13/h3-7,9,17H,8,10H2,1-2H3. The van der Waals surface area contributed by atoms with Crippen molar-refractivity contribution >= 4 is 11.6 Å². The van der Waals surface area contributed by atoms with Crippen LogP contribution in [0.5, 0.6) is 0 Å². The van der Waals surface area contributed by atoms with Gasteiger partial charge in [-0.1, -0.05) is 29.8 Å². The number of nitrogens with one attached hydrogen (secondary N) is 1. The van der Waals surface area contributed by atoms with Crippen molar-refractivity contribution in [1.82, 2.24) is 10.3 Å². The van der Waals surface area contributed by atoms with E-state index in [4.69, 9.17) is 11.6 Å². The fourth-order valence-corrected chi connectivity index (χ4v) is 2.04. The molecule has 2 rings (SSSR count). The smallest absolute Gasteiger partial charge is 0.0453 e. The number of hydrogen-bond acceptors (Lipinski definition) is 2. The maximum atomic E-state index is 6.18. The number of aromatic nitrogens is 1. The van der Waals surface area contributed by atoms with Crippen LogP contribution in [0.4, 0.5) is 0 Å². The van der Waals surface area contributed by atoms with Gasteiger partial charge in [0.1, 0.15) is 0 Å². The summed E-state index contributed by atoms with van der Waals surface area (Å²) in [6.07, 6.45) is 1.90. The Morgan fingerprint density at radius 3 is 2.61 bits per heavy atom. The Balaban J connectivity index is 1.90. The Labute approximate surface area is 113 Å². The first-order chi connectivity index (χ1) is 8.65. The van der Waals surface area contributed by atoms with Gasteiger partial charge < -0.3 is 5.32 Å². The summed E-state index contributed by atoms with van der Waals surface area (Å²) in [5.74, 6) is 0. The molecule has 2 aromatic rings. The zero-order valence-corrected chi connectivity index (χ0v) is 11.5. The number of rotatable bonds is 4. The van der Waals surface area contributed by atoms with E-state index in [2.05, 4.69) is 28.5 Å². The minimum Gasteiger partial charge on any atom is -0.309 e. The molecule has 0 amide bonds. The van der Waals surface area contributed by atoms with E-state index in [1.165, 1.54) is 11.1 Å². The SMILES string of the molecule is Cc1ccc(CNCc2ccc(C)nc2)c(Cl)c1. The third-order valence-electron chi connectivity index (χ3n) is 2.83. The van der Waals surface area contributed by atoms with Crippen molar-refractivity contribution in [1.29, 1.82) is 0 Å². The maximum absolute atomic E-state index is 6.18. The Morgan fingerprint density at radius 1 is 1.11 bits per heavy atom. The summed E-state index contributed by atoms with van der Waals surface area (Å²) in [5, 5.41) is 4.20. The second-order valence-electron chi connectivity index (χ2n) is 4.51. The highest BCUT2D eigenvalue weighted by molar-refractivity contribution is 6.31. The molecule has 0 fully saturated rings. The monoisotopic (exact) mass is 260 g/mol. The van der Waals surface area contributed by atoms with Gasteiger partial charge in [-0.15, -0.1) is 0 Å². The summed E-state index contributed by atoms with van der Waals surface area (Å²) in [5.41, 5.74) is 4.54. The lowest BCUT2D eigenvalue weighted by Gasteiger charge is -2.07. The van der Waals surface area contributed by atoms with E-state index in [1.54, 1.807) is 0 Å². The van der Waals surface area contributed by atoms with E-state index in [0.29, 0.717) is 0 Å². The molecular formula is C15H17ClN2. The molecule has 2 nitrogen and oxygen atoms in total. The molecule has 0 unspecified atom stereocenters. The predicted molar refractivity (Wildman–Crippen MR) is 75.7 cm³/mol.